The standard InChI is InChI=1S/C7H14ClN/c8-4-7-9-5-2-1-3-6-9/h1-7H2/p+1. The smallest absolute Gasteiger partial charge is 0.0908 e. The van der Waals surface area contributed by atoms with Gasteiger partial charge < -0.3 is 4.90 Å². The highest BCUT2D eigenvalue weighted by Gasteiger charge is 2.11. The molecule has 0 aromatic carbocycles. The first-order valence-electron chi connectivity index (χ1n) is 3.83. The maximum atomic E-state index is 5.61. The number of halogens is 1. The highest BCUT2D eigenvalue weighted by molar-refractivity contribution is 6.17. The van der Waals surface area contributed by atoms with E-state index in [-0.39, 0.29) is 0 Å². The van der Waals surface area contributed by atoms with Crippen LogP contribution in [0.5, 0.6) is 0 Å². The van der Waals surface area contributed by atoms with E-state index in [0.717, 1.165) is 5.88 Å². The molecule has 0 amide bonds. The molecule has 0 aromatic heterocycles. The Kier molecular flexibility index (Phi) is 3.37. The third-order valence-electron chi connectivity index (χ3n) is 2.01. The highest BCUT2D eigenvalue weighted by Crippen LogP contribution is 1.93. The van der Waals surface area contributed by atoms with Gasteiger partial charge >= 0.3 is 0 Å². The molecule has 0 saturated carbocycles. The number of piperidine rings is 1. The van der Waals surface area contributed by atoms with Crippen molar-refractivity contribution in [1.29, 1.82) is 0 Å². The summed E-state index contributed by atoms with van der Waals surface area (Å²) in [6.07, 6.45) is 4.25. The van der Waals surface area contributed by atoms with Crippen LogP contribution in [0.3, 0.4) is 0 Å². The summed E-state index contributed by atoms with van der Waals surface area (Å²) in [4.78, 5) is 1.70. The largest absolute Gasteiger partial charge is 0.334 e. The van der Waals surface area contributed by atoms with Gasteiger partial charge in [0.25, 0.3) is 0 Å². The van der Waals surface area contributed by atoms with Gasteiger partial charge in [0.15, 0.2) is 0 Å². The van der Waals surface area contributed by atoms with Crippen molar-refractivity contribution in [2.45, 2.75) is 19.3 Å². The molecule has 1 N–H and O–H groups in total. The molecule has 1 heterocycles. The summed E-state index contributed by atoms with van der Waals surface area (Å²) in [5.74, 6) is 0.829. The van der Waals surface area contributed by atoms with Crippen LogP contribution in [0, 0.1) is 0 Å². The van der Waals surface area contributed by atoms with Crippen molar-refractivity contribution in [3.05, 3.63) is 0 Å². The first kappa shape index (κ1) is 7.36. The average molecular weight is 149 g/mol. The number of nitrogens with one attached hydrogen (secondary N) is 1. The Hall–Kier alpha value is 0.250. The van der Waals surface area contributed by atoms with Crippen molar-refractivity contribution < 1.29 is 4.90 Å². The van der Waals surface area contributed by atoms with Crippen molar-refractivity contribution in [2.75, 3.05) is 25.5 Å². The fraction of sp³-hybridized carbons (Fsp3) is 1.00. The lowest BCUT2D eigenvalue weighted by molar-refractivity contribution is -0.902. The van der Waals surface area contributed by atoms with Gasteiger partial charge in [-0.25, -0.2) is 0 Å². The van der Waals surface area contributed by atoms with Gasteiger partial charge in [-0.3, -0.25) is 0 Å². The minimum absolute atomic E-state index is 0.829. The van der Waals surface area contributed by atoms with Crippen LogP contribution < -0.4 is 4.90 Å². The predicted molar refractivity (Wildman–Crippen MR) is 40.1 cm³/mol. The van der Waals surface area contributed by atoms with Gasteiger partial charge in [0.1, 0.15) is 0 Å². The van der Waals surface area contributed by atoms with Crippen molar-refractivity contribution in [1.82, 2.24) is 0 Å². The molecule has 0 radical (unpaired) electrons. The summed E-state index contributed by atoms with van der Waals surface area (Å²) in [7, 11) is 0. The van der Waals surface area contributed by atoms with Gasteiger partial charge in [0, 0.05) is 0 Å². The number of likely N-dealkylation sites (tertiary alicyclic amines) is 1. The quantitative estimate of drug-likeness (QED) is 0.538. The Morgan fingerprint density at radius 1 is 1.11 bits per heavy atom. The van der Waals surface area contributed by atoms with E-state index >= 15 is 0 Å². The Morgan fingerprint density at radius 3 is 2.33 bits per heavy atom. The molecule has 1 rings (SSSR count). The van der Waals surface area contributed by atoms with Crippen LogP contribution in [-0.4, -0.2) is 25.5 Å². The minimum atomic E-state index is 0.829. The second kappa shape index (κ2) is 4.13. The second-order valence-electron chi connectivity index (χ2n) is 2.75. The maximum absolute atomic E-state index is 5.61. The van der Waals surface area contributed by atoms with E-state index < -0.39 is 0 Å². The van der Waals surface area contributed by atoms with Gasteiger partial charge in [-0.1, -0.05) is 0 Å². The van der Waals surface area contributed by atoms with Gasteiger partial charge in [-0.15, -0.1) is 11.6 Å². The van der Waals surface area contributed by atoms with Gasteiger partial charge in [-0.2, -0.15) is 0 Å². The molecule has 0 bridgehead atoms. The van der Waals surface area contributed by atoms with E-state index in [0.29, 0.717) is 0 Å². The molecule has 0 unspecified atom stereocenters. The van der Waals surface area contributed by atoms with Crippen LogP contribution >= 0.6 is 11.6 Å². The second-order valence-corrected chi connectivity index (χ2v) is 3.13. The van der Waals surface area contributed by atoms with Crippen molar-refractivity contribution in [2.24, 2.45) is 0 Å². The number of hydrogen-bond acceptors (Lipinski definition) is 0. The monoisotopic (exact) mass is 148 g/mol. The maximum Gasteiger partial charge on any atom is 0.0908 e. The lowest BCUT2D eigenvalue weighted by Gasteiger charge is -2.22. The molecule has 9 heavy (non-hydrogen) atoms. The van der Waals surface area contributed by atoms with Gasteiger partial charge in [0.05, 0.1) is 25.5 Å². The zero-order valence-electron chi connectivity index (χ0n) is 5.83. The van der Waals surface area contributed by atoms with E-state index in [9.17, 15) is 0 Å². The number of quaternary nitrogens is 1. The van der Waals surface area contributed by atoms with Crippen molar-refractivity contribution in [3.63, 3.8) is 0 Å². The van der Waals surface area contributed by atoms with Crippen LogP contribution in [0.4, 0.5) is 0 Å². The summed E-state index contributed by atoms with van der Waals surface area (Å²) < 4.78 is 0. The topological polar surface area (TPSA) is 4.44 Å². The minimum Gasteiger partial charge on any atom is -0.334 e. The van der Waals surface area contributed by atoms with Crippen molar-refractivity contribution in [3.8, 4) is 0 Å². The van der Waals surface area contributed by atoms with E-state index in [4.69, 9.17) is 11.6 Å². The zero-order chi connectivity index (χ0) is 6.53. The highest BCUT2D eigenvalue weighted by atomic mass is 35.5. The fourth-order valence-corrected chi connectivity index (χ4v) is 1.70. The summed E-state index contributed by atoms with van der Waals surface area (Å²) in [5, 5.41) is 0. The predicted octanol–water partition coefficient (Wildman–Crippen LogP) is 0.294. The molecule has 54 valence electrons. The SMILES string of the molecule is ClCC[NH+]1CCCCC1. The third kappa shape index (κ3) is 2.55. The third-order valence-corrected chi connectivity index (χ3v) is 2.20. The summed E-state index contributed by atoms with van der Waals surface area (Å²) in [5.41, 5.74) is 0. The summed E-state index contributed by atoms with van der Waals surface area (Å²) in [6, 6.07) is 0. The van der Waals surface area contributed by atoms with E-state index in [1.807, 2.05) is 0 Å². The Morgan fingerprint density at radius 2 is 1.78 bits per heavy atom. The Bertz CT molecular complexity index is 66.6. The summed E-state index contributed by atoms with van der Waals surface area (Å²) >= 11 is 5.61. The number of alkyl halides is 1. The van der Waals surface area contributed by atoms with Crippen LogP contribution in [0.2, 0.25) is 0 Å². The van der Waals surface area contributed by atoms with Gasteiger partial charge in [-0.05, 0) is 19.3 Å². The average Bonchev–Trinajstić information content (AvgIpc) is 1.91. The molecule has 1 fully saturated rings. The normalized spacial score (nSPS) is 22.3. The molecule has 1 aliphatic heterocycles. The van der Waals surface area contributed by atoms with Crippen LogP contribution in [0.15, 0.2) is 0 Å². The molecular weight excluding hydrogens is 134 g/mol. The van der Waals surface area contributed by atoms with E-state index in [1.165, 1.54) is 38.9 Å². The van der Waals surface area contributed by atoms with Crippen LogP contribution in [-0.2, 0) is 0 Å². The van der Waals surface area contributed by atoms with Crippen LogP contribution in [0.1, 0.15) is 19.3 Å². The summed E-state index contributed by atoms with van der Waals surface area (Å²) in [6.45, 7) is 3.88. The zero-order valence-corrected chi connectivity index (χ0v) is 6.58. The molecular formula is C7H15ClN+. The van der Waals surface area contributed by atoms with E-state index in [2.05, 4.69) is 0 Å². The number of rotatable bonds is 2. The first-order valence-corrected chi connectivity index (χ1v) is 4.36. The molecule has 2 heteroatoms. The van der Waals surface area contributed by atoms with Crippen molar-refractivity contribution >= 4 is 11.6 Å². The first-order chi connectivity index (χ1) is 4.43. The fourth-order valence-electron chi connectivity index (χ4n) is 1.44. The Labute approximate surface area is 62.0 Å². The lowest BCUT2D eigenvalue weighted by atomic mass is 10.1. The molecule has 0 aromatic rings. The molecule has 0 spiro atoms. The molecule has 1 aliphatic rings. The Balaban J connectivity index is 2.08. The van der Waals surface area contributed by atoms with Gasteiger partial charge in [0.2, 0.25) is 0 Å². The lowest BCUT2D eigenvalue weighted by Crippen LogP contribution is -3.13. The molecule has 0 atom stereocenters. The molecule has 1 nitrogen and oxygen atoms in total. The van der Waals surface area contributed by atoms with Crippen LogP contribution in [0.25, 0.3) is 0 Å². The molecule has 0 aliphatic carbocycles. The molecule has 1 saturated heterocycles. The van der Waals surface area contributed by atoms with E-state index in [1.54, 1.807) is 4.90 Å². The number of hydrogen-bond donors (Lipinski definition) is 1.